The summed E-state index contributed by atoms with van der Waals surface area (Å²) >= 11 is 0. The van der Waals surface area contributed by atoms with E-state index in [0.717, 1.165) is 44.2 Å². The number of benzene rings is 1. The van der Waals surface area contributed by atoms with Crippen molar-refractivity contribution in [2.75, 3.05) is 19.6 Å². The van der Waals surface area contributed by atoms with Gasteiger partial charge in [0.15, 0.2) is 0 Å². The van der Waals surface area contributed by atoms with Crippen molar-refractivity contribution in [2.45, 2.75) is 68.4 Å². The number of hydrogen-bond donors (Lipinski definition) is 2. The zero-order valence-electron chi connectivity index (χ0n) is 16.2. The molecule has 0 aromatic heterocycles. The first-order valence-corrected chi connectivity index (χ1v) is 10.8. The Labute approximate surface area is 162 Å². The molecular formula is C23H32N2O2. The fourth-order valence-corrected chi connectivity index (χ4v) is 7.15. The van der Waals surface area contributed by atoms with Crippen LogP contribution in [-0.2, 0) is 10.2 Å². The maximum Gasteiger partial charge on any atom is 0.234 e. The molecule has 4 atom stereocenters. The van der Waals surface area contributed by atoms with Crippen LogP contribution in [0.25, 0.3) is 0 Å². The van der Waals surface area contributed by atoms with Gasteiger partial charge in [0.2, 0.25) is 5.91 Å². The molecule has 4 aliphatic carbocycles. The van der Waals surface area contributed by atoms with Gasteiger partial charge in [0.1, 0.15) is 0 Å². The molecule has 0 radical (unpaired) electrons. The molecule has 5 fully saturated rings. The quantitative estimate of drug-likeness (QED) is 0.859. The van der Waals surface area contributed by atoms with Crippen molar-refractivity contribution >= 4 is 5.91 Å². The van der Waals surface area contributed by atoms with Crippen LogP contribution in [0.15, 0.2) is 30.3 Å². The van der Waals surface area contributed by atoms with E-state index >= 15 is 0 Å². The number of carbonyl (C=O) groups excluding carboxylic acids is 1. The fourth-order valence-electron chi connectivity index (χ4n) is 7.15. The zero-order chi connectivity index (χ0) is 18.5. The third kappa shape index (κ3) is 3.31. The Kier molecular flexibility index (Phi) is 4.32. The van der Waals surface area contributed by atoms with Crippen LogP contribution < -0.4 is 5.32 Å². The highest BCUT2D eigenvalue weighted by Gasteiger charge is 2.58. The Morgan fingerprint density at radius 2 is 1.74 bits per heavy atom. The summed E-state index contributed by atoms with van der Waals surface area (Å²) in [7, 11) is 0. The Morgan fingerprint density at radius 3 is 2.41 bits per heavy atom. The van der Waals surface area contributed by atoms with E-state index < -0.39 is 0 Å². The number of nitrogens with one attached hydrogen (secondary N) is 1. The third-order valence-electron chi connectivity index (χ3n) is 7.78. The minimum absolute atomic E-state index is 0.00626. The number of carbonyl (C=O) groups is 1. The van der Waals surface area contributed by atoms with Crippen molar-refractivity contribution < 1.29 is 9.90 Å². The van der Waals surface area contributed by atoms with E-state index in [1.165, 1.54) is 37.7 Å². The maximum atomic E-state index is 12.9. The van der Waals surface area contributed by atoms with Gasteiger partial charge in [-0.15, -0.1) is 0 Å². The molecule has 5 aliphatic rings. The monoisotopic (exact) mass is 368 g/mol. The average molecular weight is 369 g/mol. The highest BCUT2D eigenvalue weighted by Crippen LogP contribution is 2.62. The first kappa shape index (κ1) is 17.7. The Balaban J connectivity index is 1.31. The molecule has 4 saturated carbocycles. The first-order valence-electron chi connectivity index (χ1n) is 10.8. The van der Waals surface area contributed by atoms with Crippen LogP contribution in [0.1, 0.15) is 56.9 Å². The third-order valence-corrected chi connectivity index (χ3v) is 7.78. The number of piperidine rings is 1. The van der Waals surface area contributed by atoms with Gasteiger partial charge in [-0.3, -0.25) is 9.69 Å². The largest absolute Gasteiger partial charge is 0.393 e. The van der Waals surface area contributed by atoms with Crippen molar-refractivity contribution in [1.82, 2.24) is 10.2 Å². The molecule has 4 nitrogen and oxygen atoms in total. The molecule has 0 spiro atoms. The van der Waals surface area contributed by atoms with E-state index in [1.54, 1.807) is 0 Å². The molecule has 1 saturated heterocycles. The number of nitrogens with zero attached hydrogens (tertiary/aromatic N) is 1. The predicted octanol–water partition coefficient (Wildman–Crippen LogP) is 2.85. The number of amides is 1. The summed E-state index contributed by atoms with van der Waals surface area (Å²) in [5, 5.41) is 13.2. The predicted molar refractivity (Wildman–Crippen MR) is 105 cm³/mol. The molecule has 4 heteroatoms. The van der Waals surface area contributed by atoms with Gasteiger partial charge in [0, 0.05) is 18.6 Å². The highest BCUT2D eigenvalue weighted by molar-refractivity contribution is 5.79. The van der Waals surface area contributed by atoms with Crippen LogP contribution in [0.4, 0.5) is 0 Å². The SMILES string of the molecule is O=C(CN1CCC(O)CC1)N[C@@]12C[C@H]3C[C@@H](C1)C[C@@](c1ccccc1)(C3)C2. The van der Waals surface area contributed by atoms with E-state index in [0.29, 0.717) is 6.54 Å². The minimum atomic E-state index is -0.182. The van der Waals surface area contributed by atoms with Crippen molar-refractivity contribution in [2.24, 2.45) is 11.8 Å². The fraction of sp³-hybridized carbons (Fsp3) is 0.696. The zero-order valence-corrected chi connectivity index (χ0v) is 16.2. The van der Waals surface area contributed by atoms with Crippen molar-refractivity contribution in [3.05, 3.63) is 35.9 Å². The van der Waals surface area contributed by atoms with E-state index in [1.807, 2.05) is 0 Å². The maximum absolute atomic E-state index is 12.9. The van der Waals surface area contributed by atoms with E-state index in [9.17, 15) is 9.90 Å². The van der Waals surface area contributed by atoms with Gasteiger partial charge in [-0.1, -0.05) is 30.3 Å². The van der Waals surface area contributed by atoms with E-state index in [2.05, 4.69) is 40.5 Å². The van der Waals surface area contributed by atoms with Gasteiger partial charge in [-0.25, -0.2) is 0 Å². The van der Waals surface area contributed by atoms with Gasteiger partial charge in [0.05, 0.1) is 12.6 Å². The minimum Gasteiger partial charge on any atom is -0.393 e. The van der Waals surface area contributed by atoms with Crippen molar-refractivity contribution in [3.63, 3.8) is 0 Å². The molecule has 4 bridgehead atoms. The second kappa shape index (κ2) is 6.59. The smallest absolute Gasteiger partial charge is 0.234 e. The normalized spacial score (nSPS) is 38.9. The van der Waals surface area contributed by atoms with E-state index in [-0.39, 0.29) is 23.0 Å². The topological polar surface area (TPSA) is 52.6 Å². The summed E-state index contributed by atoms with van der Waals surface area (Å²) in [6, 6.07) is 11.1. The van der Waals surface area contributed by atoms with Crippen LogP contribution in [0.5, 0.6) is 0 Å². The molecule has 1 aromatic carbocycles. The number of aliphatic hydroxyl groups excluding tert-OH is 1. The lowest BCUT2D eigenvalue weighted by molar-refractivity contribution is -0.129. The number of likely N-dealkylation sites (tertiary alicyclic amines) is 1. The molecular weight excluding hydrogens is 336 g/mol. The molecule has 6 rings (SSSR count). The Morgan fingerprint density at radius 1 is 1.07 bits per heavy atom. The highest BCUT2D eigenvalue weighted by atomic mass is 16.3. The lowest BCUT2D eigenvalue weighted by atomic mass is 9.45. The second-order valence-corrected chi connectivity index (χ2v) is 9.94. The first-order chi connectivity index (χ1) is 13.0. The van der Waals surface area contributed by atoms with Crippen LogP contribution in [0.3, 0.4) is 0 Å². The van der Waals surface area contributed by atoms with Gasteiger partial charge in [-0.05, 0) is 74.2 Å². The van der Waals surface area contributed by atoms with Crippen LogP contribution in [0.2, 0.25) is 0 Å². The van der Waals surface area contributed by atoms with Gasteiger partial charge >= 0.3 is 0 Å². The van der Waals surface area contributed by atoms with Crippen molar-refractivity contribution in [1.29, 1.82) is 0 Å². The Bertz CT molecular complexity index is 682. The molecule has 27 heavy (non-hydrogen) atoms. The second-order valence-electron chi connectivity index (χ2n) is 9.94. The summed E-state index contributed by atoms with van der Waals surface area (Å²) in [4.78, 5) is 15.1. The summed E-state index contributed by atoms with van der Waals surface area (Å²) in [5.41, 5.74) is 1.77. The summed E-state index contributed by atoms with van der Waals surface area (Å²) < 4.78 is 0. The standard InChI is InChI=1S/C23H32N2O2/c26-20-6-8-25(9-7-20)15-21(27)24-23-13-17-10-18(14-23)12-22(11-17,16-23)19-4-2-1-3-5-19/h1-5,17-18,20,26H,6-16H2,(H,24,27)/t17-,18+,22-,23-. The molecule has 146 valence electrons. The van der Waals surface area contributed by atoms with Gasteiger partial charge in [-0.2, -0.15) is 0 Å². The molecule has 1 aromatic rings. The number of aliphatic hydroxyl groups is 1. The number of hydrogen-bond acceptors (Lipinski definition) is 3. The summed E-state index contributed by atoms with van der Waals surface area (Å²) in [6.45, 7) is 2.16. The summed E-state index contributed by atoms with van der Waals surface area (Å²) in [6.07, 6.45) is 8.81. The lowest BCUT2D eigenvalue weighted by Crippen LogP contribution is -2.65. The average Bonchev–Trinajstić information content (AvgIpc) is 2.63. The van der Waals surface area contributed by atoms with Gasteiger partial charge in [0.25, 0.3) is 0 Å². The van der Waals surface area contributed by atoms with Gasteiger partial charge < -0.3 is 10.4 Å². The van der Waals surface area contributed by atoms with Crippen LogP contribution >= 0.6 is 0 Å². The molecule has 2 N–H and O–H groups in total. The summed E-state index contributed by atoms with van der Waals surface area (Å²) in [5.74, 6) is 1.71. The van der Waals surface area contributed by atoms with Crippen LogP contribution in [0, 0.1) is 11.8 Å². The number of rotatable bonds is 4. The van der Waals surface area contributed by atoms with Crippen LogP contribution in [-0.4, -0.2) is 47.2 Å². The Hall–Kier alpha value is -1.39. The lowest BCUT2D eigenvalue weighted by Gasteiger charge is -2.62. The molecule has 1 heterocycles. The molecule has 1 aliphatic heterocycles. The molecule has 0 unspecified atom stereocenters. The van der Waals surface area contributed by atoms with E-state index in [4.69, 9.17) is 0 Å². The van der Waals surface area contributed by atoms with Crippen molar-refractivity contribution in [3.8, 4) is 0 Å². The molecule has 1 amide bonds.